The number of pyridine rings is 1. The van der Waals surface area contributed by atoms with Crippen LogP contribution in [-0.2, 0) is 13.0 Å². The van der Waals surface area contributed by atoms with Crippen molar-refractivity contribution in [1.29, 1.82) is 0 Å². The molecule has 0 amide bonds. The number of fused-ring (bicyclic) bond motifs is 1. The van der Waals surface area contributed by atoms with Crippen molar-refractivity contribution < 1.29 is 9.47 Å². The van der Waals surface area contributed by atoms with Crippen LogP contribution < -0.4 is 9.47 Å². The monoisotopic (exact) mass is 321 g/mol. The van der Waals surface area contributed by atoms with E-state index in [4.69, 9.17) is 9.47 Å². The summed E-state index contributed by atoms with van der Waals surface area (Å²) in [4.78, 5) is 8.36. The topological polar surface area (TPSA) is 49.2 Å². The van der Waals surface area contributed by atoms with E-state index >= 15 is 0 Å². The second-order valence-corrected chi connectivity index (χ2v) is 5.96. The molecular formula is C19H19N3O2. The van der Waals surface area contributed by atoms with Crippen LogP contribution in [0.4, 0.5) is 0 Å². The van der Waals surface area contributed by atoms with E-state index in [1.807, 2.05) is 30.9 Å². The Kier molecular flexibility index (Phi) is 3.91. The Morgan fingerprint density at radius 2 is 2.25 bits per heavy atom. The van der Waals surface area contributed by atoms with Crippen molar-refractivity contribution in [2.24, 2.45) is 0 Å². The molecule has 0 radical (unpaired) electrons. The second-order valence-electron chi connectivity index (χ2n) is 5.96. The summed E-state index contributed by atoms with van der Waals surface area (Å²) in [7, 11) is 1.62. The van der Waals surface area contributed by atoms with Crippen molar-refractivity contribution in [3.8, 4) is 11.6 Å². The van der Waals surface area contributed by atoms with E-state index in [1.54, 1.807) is 13.3 Å². The fraction of sp³-hybridized carbons (Fsp3) is 0.263. The standard InChI is InChI=1S/C19H19N3O2/c1-23-19-7-4-16(11-21-19)18-6-3-15-10-14(2-5-17(15)24-18)12-22-9-8-20-13-22/h2,4-5,7-11,13,18H,3,6,12H2,1H3. The van der Waals surface area contributed by atoms with Crippen LogP contribution >= 0.6 is 0 Å². The predicted octanol–water partition coefficient (Wildman–Crippen LogP) is 3.40. The van der Waals surface area contributed by atoms with E-state index in [2.05, 4.69) is 32.7 Å². The first-order valence-corrected chi connectivity index (χ1v) is 8.06. The SMILES string of the molecule is COc1ccc(C2CCc3cc(Cn4ccnc4)ccc3O2)cn1. The van der Waals surface area contributed by atoms with Gasteiger partial charge in [0.2, 0.25) is 5.88 Å². The van der Waals surface area contributed by atoms with Crippen molar-refractivity contribution >= 4 is 0 Å². The number of rotatable bonds is 4. The Bertz CT molecular complexity index is 813. The van der Waals surface area contributed by atoms with Gasteiger partial charge in [-0.3, -0.25) is 0 Å². The Morgan fingerprint density at radius 3 is 3.00 bits per heavy atom. The van der Waals surface area contributed by atoms with Crippen molar-refractivity contribution in [3.05, 3.63) is 71.9 Å². The zero-order chi connectivity index (χ0) is 16.4. The van der Waals surface area contributed by atoms with Gasteiger partial charge >= 0.3 is 0 Å². The zero-order valence-electron chi connectivity index (χ0n) is 13.6. The summed E-state index contributed by atoms with van der Waals surface area (Å²) in [5, 5.41) is 0. The minimum atomic E-state index is 0.0513. The summed E-state index contributed by atoms with van der Waals surface area (Å²) in [6.45, 7) is 0.832. The molecular weight excluding hydrogens is 302 g/mol. The van der Waals surface area contributed by atoms with Crippen molar-refractivity contribution in [2.45, 2.75) is 25.5 Å². The molecule has 4 rings (SSSR count). The molecule has 1 aliphatic heterocycles. The minimum Gasteiger partial charge on any atom is -0.485 e. The summed E-state index contributed by atoms with van der Waals surface area (Å²) in [6, 6.07) is 10.3. The highest BCUT2D eigenvalue weighted by molar-refractivity contribution is 5.40. The maximum atomic E-state index is 6.18. The molecule has 3 heterocycles. The van der Waals surface area contributed by atoms with Crippen molar-refractivity contribution in [2.75, 3.05) is 7.11 Å². The van der Waals surface area contributed by atoms with Crippen LogP contribution in [0.1, 0.15) is 29.2 Å². The molecule has 0 bridgehead atoms. The van der Waals surface area contributed by atoms with Gasteiger partial charge in [0.15, 0.2) is 0 Å². The molecule has 122 valence electrons. The quantitative estimate of drug-likeness (QED) is 0.739. The van der Waals surface area contributed by atoms with Crippen LogP contribution in [0.2, 0.25) is 0 Å². The van der Waals surface area contributed by atoms with Crippen LogP contribution in [0.15, 0.2) is 55.2 Å². The van der Waals surface area contributed by atoms with Crippen LogP contribution in [0.3, 0.4) is 0 Å². The molecule has 0 spiro atoms. The van der Waals surface area contributed by atoms with Gasteiger partial charge in [-0.2, -0.15) is 0 Å². The van der Waals surface area contributed by atoms with Crippen molar-refractivity contribution in [3.63, 3.8) is 0 Å². The Balaban J connectivity index is 1.50. The van der Waals surface area contributed by atoms with Gasteiger partial charge in [0, 0.05) is 36.8 Å². The number of imidazole rings is 1. The predicted molar refractivity (Wildman–Crippen MR) is 90.3 cm³/mol. The molecule has 1 unspecified atom stereocenters. The number of aromatic nitrogens is 3. The van der Waals surface area contributed by atoms with E-state index in [0.717, 1.165) is 30.7 Å². The highest BCUT2D eigenvalue weighted by Crippen LogP contribution is 2.35. The van der Waals surface area contributed by atoms with Gasteiger partial charge < -0.3 is 14.0 Å². The molecule has 5 heteroatoms. The Labute approximate surface area is 140 Å². The number of benzene rings is 1. The normalized spacial score (nSPS) is 16.3. The molecule has 1 aliphatic rings. The number of aryl methyl sites for hydroxylation is 1. The largest absolute Gasteiger partial charge is 0.485 e. The fourth-order valence-corrected chi connectivity index (χ4v) is 3.07. The van der Waals surface area contributed by atoms with Gasteiger partial charge in [-0.25, -0.2) is 9.97 Å². The molecule has 0 aliphatic carbocycles. The van der Waals surface area contributed by atoms with Crippen LogP contribution in [-0.4, -0.2) is 21.6 Å². The van der Waals surface area contributed by atoms with Crippen LogP contribution in [0.25, 0.3) is 0 Å². The molecule has 1 atom stereocenters. The van der Waals surface area contributed by atoms with Crippen LogP contribution in [0, 0.1) is 0 Å². The summed E-state index contributed by atoms with van der Waals surface area (Å²) in [5.41, 5.74) is 3.62. The number of nitrogens with zero attached hydrogens (tertiary/aromatic N) is 3. The van der Waals surface area contributed by atoms with Gasteiger partial charge in [0.05, 0.1) is 13.4 Å². The van der Waals surface area contributed by atoms with Gasteiger partial charge in [0.25, 0.3) is 0 Å². The van der Waals surface area contributed by atoms with Crippen LogP contribution in [0.5, 0.6) is 11.6 Å². The second kappa shape index (κ2) is 6.35. The lowest BCUT2D eigenvalue weighted by Crippen LogP contribution is -2.15. The first-order chi connectivity index (χ1) is 11.8. The lowest BCUT2D eigenvalue weighted by Gasteiger charge is -2.26. The molecule has 24 heavy (non-hydrogen) atoms. The smallest absolute Gasteiger partial charge is 0.212 e. The highest BCUT2D eigenvalue weighted by Gasteiger charge is 2.22. The maximum Gasteiger partial charge on any atom is 0.212 e. The summed E-state index contributed by atoms with van der Waals surface area (Å²) >= 11 is 0. The Hall–Kier alpha value is -2.82. The Morgan fingerprint density at radius 1 is 1.29 bits per heavy atom. The van der Waals surface area contributed by atoms with Gasteiger partial charge in [0.1, 0.15) is 11.9 Å². The number of ether oxygens (including phenoxy) is 2. The third-order valence-corrected chi connectivity index (χ3v) is 4.33. The van der Waals surface area contributed by atoms with E-state index in [-0.39, 0.29) is 6.10 Å². The first-order valence-electron chi connectivity index (χ1n) is 8.06. The average Bonchev–Trinajstić information content (AvgIpc) is 3.14. The highest BCUT2D eigenvalue weighted by atomic mass is 16.5. The molecule has 0 saturated carbocycles. The lowest BCUT2D eigenvalue weighted by molar-refractivity contribution is 0.176. The fourth-order valence-electron chi connectivity index (χ4n) is 3.07. The van der Waals surface area contributed by atoms with E-state index in [9.17, 15) is 0 Å². The molecule has 5 nitrogen and oxygen atoms in total. The van der Waals surface area contributed by atoms with Crippen molar-refractivity contribution in [1.82, 2.24) is 14.5 Å². The molecule has 3 aromatic rings. The van der Waals surface area contributed by atoms with E-state index in [1.165, 1.54) is 11.1 Å². The van der Waals surface area contributed by atoms with E-state index in [0.29, 0.717) is 5.88 Å². The van der Waals surface area contributed by atoms with Gasteiger partial charge in [-0.15, -0.1) is 0 Å². The third-order valence-electron chi connectivity index (χ3n) is 4.33. The molecule has 1 aromatic carbocycles. The maximum absolute atomic E-state index is 6.18. The number of hydrogen-bond donors (Lipinski definition) is 0. The third kappa shape index (κ3) is 2.97. The van der Waals surface area contributed by atoms with Gasteiger partial charge in [-0.1, -0.05) is 12.1 Å². The molecule has 0 fully saturated rings. The van der Waals surface area contributed by atoms with Gasteiger partial charge in [-0.05, 0) is 36.1 Å². The lowest BCUT2D eigenvalue weighted by atomic mass is 9.97. The molecule has 2 aromatic heterocycles. The summed E-state index contributed by atoms with van der Waals surface area (Å²) in [6.07, 6.45) is 9.46. The number of methoxy groups -OCH3 is 1. The minimum absolute atomic E-state index is 0.0513. The number of hydrogen-bond acceptors (Lipinski definition) is 4. The summed E-state index contributed by atoms with van der Waals surface area (Å²) in [5.74, 6) is 1.59. The molecule has 0 N–H and O–H groups in total. The average molecular weight is 321 g/mol. The first kappa shape index (κ1) is 14.8. The zero-order valence-corrected chi connectivity index (χ0v) is 13.6. The van der Waals surface area contributed by atoms with E-state index < -0.39 is 0 Å². The molecule has 0 saturated heterocycles. The summed E-state index contributed by atoms with van der Waals surface area (Å²) < 4.78 is 13.4.